The smallest absolute Gasteiger partial charge is 0.310 e. The zero-order valence-corrected chi connectivity index (χ0v) is 26.5. The number of fused-ring (bicyclic) bond motifs is 1. The van der Waals surface area contributed by atoms with Gasteiger partial charge < -0.3 is 28.7 Å². The maximum atomic E-state index is 13.8. The Hall–Kier alpha value is -2.53. The first kappa shape index (κ1) is 29.5. The normalized spacial score (nSPS) is 10.7. The summed E-state index contributed by atoms with van der Waals surface area (Å²) in [6, 6.07) is 27.9. The van der Waals surface area contributed by atoms with Crippen molar-refractivity contribution in [1.82, 2.24) is 0 Å². The van der Waals surface area contributed by atoms with Gasteiger partial charge >= 0.3 is 5.97 Å². The number of halogens is 2. The van der Waals surface area contributed by atoms with Crippen LogP contribution in [0.15, 0.2) is 106 Å². The molecular formula is C31H25BrINO3S2. The first-order valence-corrected chi connectivity index (χ1v) is 14.8. The topological polar surface area (TPSA) is 47.3 Å². The summed E-state index contributed by atoms with van der Waals surface area (Å²) in [5.41, 5.74) is 3.35. The number of benzene rings is 3. The summed E-state index contributed by atoms with van der Waals surface area (Å²) in [4.78, 5) is 27.1. The Morgan fingerprint density at radius 2 is 1.64 bits per heavy atom. The Kier molecular flexibility index (Phi) is 10.3. The number of hydrogen-bond acceptors (Lipinski definition) is 5. The van der Waals surface area contributed by atoms with Gasteiger partial charge in [0, 0.05) is 27.9 Å². The molecule has 0 unspecified atom stereocenters. The number of thioether (sulfide) groups is 1. The van der Waals surface area contributed by atoms with E-state index in [9.17, 15) is 9.59 Å². The van der Waals surface area contributed by atoms with E-state index in [1.54, 1.807) is 30.8 Å². The molecule has 2 aromatic heterocycles. The molecule has 0 amide bonds. The van der Waals surface area contributed by atoms with E-state index in [1.807, 2.05) is 53.4 Å². The SMILES string of the molecule is CCOC(=O)Cc1c(C(=O)c2ccc(Br)cc2)sc(SCc2cccc3ccccc23)c1-[n+]1ccccc1.[I-]. The van der Waals surface area contributed by atoms with Crippen molar-refractivity contribution in [3.63, 3.8) is 0 Å². The molecule has 0 aliphatic heterocycles. The number of ketones is 1. The minimum atomic E-state index is -0.349. The van der Waals surface area contributed by atoms with Gasteiger partial charge in [-0.25, -0.2) is 0 Å². The van der Waals surface area contributed by atoms with Crippen LogP contribution in [0.4, 0.5) is 0 Å². The predicted octanol–water partition coefficient (Wildman–Crippen LogP) is 4.57. The zero-order chi connectivity index (χ0) is 26.5. The quantitative estimate of drug-likeness (QED) is 0.0734. The van der Waals surface area contributed by atoms with E-state index in [0.717, 1.165) is 20.1 Å². The molecule has 39 heavy (non-hydrogen) atoms. The van der Waals surface area contributed by atoms with E-state index in [2.05, 4.69) is 52.3 Å². The Morgan fingerprint density at radius 1 is 0.923 bits per heavy atom. The highest BCUT2D eigenvalue weighted by atomic mass is 127. The molecule has 0 saturated carbocycles. The van der Waals surface area contributed by atoms with Crippen molar-refractivity contribution in [3.05, 3.63) is 123 Å². The van der Waals surface area contributed by atoms with Gasteiger partial charge in [0.1, 0.15) is 4.21 Å². The molecule has 0 spiro atoms. The number of hydrogen-bond donors (Lipinski definition) is 0. The molecule has 2 heterocycles. The molecule has 0 N–H and O–H groups in total. The monoisotopic (exact) mass is 729 g/mol. The third kappa shape index (κ3) is 6.80. The molecule has 198 valence electrons. The van der Waals surface area contributed by atoms with Gasteiger partial charge in [-0.2, -0.15) is 4.57 Å². The third-order valence-corrected chi connectivity index (χ3v) is 9.16. The van der Waals surface area contributed by atoms with Gasteiger partial charge in [0.2, 0.25) is 11.5 Å². The van der Waals surface area contributed by atoms with Gasteiger partial charge in [-0.15, -0.1) is 23.1 Å². The summed E-state index contributed by atoms with van der Waals surface area (Å²) in [5.74, 6) is 0.280. The van der Waals surface area contributed by atoms with E-state index in [-0.39, 0.29) is 48.8 Å². The summed E-state index contributed by atoms with van der Waals surface area (Å²) < 4.78 is 9.19. The van der Waals surface area contributed by atoms with Crippen molar-refractivity contribution >= 4 is 61.6 Å². The molecule has 0 radical (unpaired) electrons. The molecule has 8 heteroatoms. The van der Waals surface area contributed by atoms with Crippen molar-refractivity contribution in [2.24, 2.45) is 0 Å². The van der Waals surface area contributed by atoms with Crippen LogP contribution in [-0.4, -0.2) is 18.4 Å². The average Bonchev–Trinajstić information content (AvgIpc) is 3.30. The Bertz CT molecular complexity index is 1600. The number of ether oxygens (including phenoxy) is 1. The lowest BCUT2D eigenvalue weighted by atomic mass is 10.0. The fraction of sp³-hybridized carbons (Fsp3) is 0.129. The predicted molar refractivity (Wildman–Crippen MR) is 157 cm³/mol. The Labute approximate surface area is 261 Å². The van der Waals surface area contributed by atoms with Crippen molar-refractivity contribution in [2.45, 2.75) is 23.3 Å². The van der Waals surface area contributed by atoms with Crippen molar-refractivity contribution in [1.29, 1.82) is 0 Å². The van der Waals surface area contributed by atoms with Gasteiger partial charge in [0.25, 0.3) is 0 Å². The van der Waals surface area contributed by atoms with Crippen LogP contribution < -0.4 is 28.5 Å². The summed E-state index contributed by atoms with van der Waals surface area (Å²) >= 11 is 6.58. The lowest BCUT2D eigenvalue weighted by Gasteiger charge is -2.07. The maximum absolute atomic E-state index is 13.8. The number of thiophene rings is 1. The molecule has 4 nitrogen and oxygen atoms in total. The highest BCUT2D eigenvalue weighted by molar-refractivity contribution is 9.10. The van der Waals surface area contributed by atoms with Crippen LogP contribution in [0, 0.1) is 0 Å². The molecule has 3 aromatic carbocycles. The van der Waals surface area contributed by atoms with Crippen LogP contribution in [0.1, 0.15) is 33.3 Å². The standard InChI is InChI=1S/C31H25BrNO3S2.HI/c1-2-36-27(34)19-26-28(33-17-6-3-7-18-33)31(38-30(26)29(35)22-13-15-24(32)16-14-22)37-20-23-11-8-10-21-9-4-5-12-25(21)23;/h3-18H,2,19-20H2,1H3;1H/q+1;/p-1. The number of rotatable bonds is 9. The maximum Gasteiger partial charge on any atom is 0.310 e. The van der Waals surface area contributed by atoms with Gasteiger partial charge in [-0.1, -0.05) is 64.5 Å². The zero-order valence-electron chi connectivity index (χ0n) is 21.1. The first-order valence-electron chi connectivity index (χ1n) is 12.2. The molecule has 0 bridgehead atoms. The first-order chi connectivity index (χ1) is 18.5. The fourth-order valence-electron chi connectivity index (χ4n) is 4.34. The number of nitrogens with zero attached hydrogens (tertiary/aromatic N) is 1. The summed E-state index contributed by atoms with van der Waals surface area (Å²) in [6.07, 6.45) is 3.92. The average molecular weight is 730 g/mol. The van der Waals surface area contributed by atoms with Gasteiger partial charge in [-0.05, 0) is 47.5 Å². The molecule has 0 atom stereocenters. The second-order valence-corrected chi connectivity index (χ2v) is 11.8. The lowest BCUT2D eigenvalue weighted by molar-refractivity contribution is -0.598. The number of esters is 1. The molecular weight excluding hydrogens is 705 g/mol. The molecule has 0 aliphatic rings. The summed E-state index contributed by atoms with van der Waals surface area (Å²) in [5, 5.41) is 2.41. The van der Waals surface area contributed by atoms with Crippen LogP contribution in [0.3, 0.4) is 0 Å². The van der Waals surface area contributed by atoms with Crippen LogP contribution in [0.25, 0.3) is 16.5 Å². The second-order valence-electron chi connectivity index (χ2n) is 8.57. The minimum Gasteiger partial charge on any atom is -1.00 e. The molecule has 5 rings (SSSR count). The van der Waals surface area contributed by atoms with Crippen molar-refractivity contribution in [2.75, 3.05) is 6.61 Å². The Balaban J connectivity index is 0.00000353. The van der Waals surface area contributed by atoms with E-state index >= 15 is 0 Å². The van der Waals surface area contributed by atoms with E-state index in [0.29, 0.717) is 16.0 Å². The van der Waals surface area contributed by atoms with E-state index in [1.165, 1.54) is 27.7 Å². The summed E-state index contributed by atoms with van der Waals surface area (Å²) in [7, 11) is 0. The largest absolute Gasteiger partial charge is 1.00 e. The molecule has 0 fully saturated rings. The van der Waals surface area contributed by atoms with Crippen LogP contribution in [0.2, 0.25) is 0 Å². The highest BCUT2D eigenvalue weighted by Crippen LogP contribution is 2.40. The number of pyridine rings is 1. The number of carbonyl (C=O) groups is 2. The molecule has 5 aromatic rings. The van der Waals surface area contributed by atoms with Gasteiger partial charge in [0.15, 0.2) is 12.4 Å². The number of carbonyl (C=O) groups excluding carboxylic acids is 2. The fourth-order valence-corrected chi connectivity index (χ4v) is 7.18. The molecule has 0 aliphatic carbocycles. The van der Waals surface area contributed by atoms with Gasteiger partial charge in [-0.3, -0.25) is 9.59 Å². The van der Waals surface area contributed by atoms with E-state index in [4.69, 9.17) is 4.74 Å². The second kappa shape index (κ2) is 13.7. The number of aromatic nitrogens is 1. The van der Waals surface area contributed by atoms with Crippen molar-refractivity contribution in [3.8, 4) is 5.69 Å². The van der Waals surface area contributed by atoms with E-state index < -0.39 is 0 Å². The van der Waals surface area contributed by atoms with Crippen LogP contribution in [-0.2, 0) is 21.7 Å². The van der Waals surface area contributed by atoms with Crippen molar-refractivity contribution < 1.29 is 42.9 Å². The van der Waals surface area contributed by atoms with Crippen LogP contribution >= 0.6 is 39.0 Å². The van der Waals surface area contributed by atoms with Crippen LogP contribution in [0.5, 0.6) is 0 Å². The lowest BCUT2D eigenvalue weighted by Crippen LogP contribution is -3.00. The third-order valence-electron chi connectivity index (χ3n) is 6.10. The van der Waals surface area contributed by atoms with Gasteiger partial charge in [0.05, 0.1) is 23.5 Å². The minimum absolute atomic E-state index is 0. The summed E-state index contributed by atoms with van der Waals surface area (Å²) in [6.45, 7) is 2.08. The molecule has 0 saturated heterocycles. The Morgan fingerprint density at radius 3 is 2.38 bits per heavy atom. The highest BCUT2D eigenvalue weighted by Gasteiger charge is 2.31.